The van der Waals surface area contributed by atoms with E-state index in [0.29, 0.717) is 20.7 Å². The van der Waals surface area contributed by atoms with Gasteiger partial charge in [0.05, 0.1) is 24.8 Å². The highest BCUT2D eigenvalue weighted by Crippen LogP contribution is 2.37. The largest absolute Gasteiger partial charge is 0.493 e. The highest BCUT2D eigenvalue weighted by Gasteiger charge is 2.33. The Kier molecular flexibility index (Phi) is 6.25. The van der Waals surface area contributed by atoms with Gasteiger partial charge in [0.2, 0.25) is 0 Å². The molecule has 0 aromatic heterocycles. The van der Waals surface area contributed by atoms with Gasteiger partial charge in [0.15, 0.2) is 15.8 Å². The smallest absolute Gasteiger partial charge is 0.270 e. The van der Waals surface area contributed by atoms with E-state index in [2.05, 4.69) is 5.32 Å². The predicted molar refractivity (Wildman–Crippen MR) is 131 cm³/mol. The van der Waals surface area contributed by atoms with E-state index in [4.69, 9.17) is 21.7 Å². The summed E-state index contributed by atoms with van der Waals surface area (Å²) in [6.45, 7) is 0. The van der Waals surface area contributed by atoms with Crippen molar-refractivity contribution in [2.75, 3.05) is 24.4 Å². The number of thioether (sulfide) groups is 1. The van der Waals surface area contributed by atoms with Crippen LogP contribution in [0.2, 0.25) is 0 Å². The molecule has 1 heterocycles. The van der Waals surface area contributed by atoms with Crippen LogP contribution in [0.15, 0.2) is 77.7 Å². The van der Waals surface area contributed by atoms with Crippen LogP contribution in [-0.4, -0.2) is 24.4 Å². The van der Waals surface area contributed by atoms with Crippen molar-refractivity contribution in [3.05, 3.63) is 83.3 Å². The number of methoxy groups -OCH3 is 2. The number of benzene rings is 3. The fraction of sp³-hybridized carbons (Fsp3) is 0.0833. The predicted octanol–water partition coefficient (Wildman–Crippen LogP) is 5.85. The van der Waals surface area contributed by atoms with Crippen molar-refractivity contribution in [1.82, 2.24) is 0 Å². The zero-order valence-corrected chi connectivity index (χ0v) is 18.6. The topological polar surface area (TPSA) is 50.8 Å². The maximum atomic E-state index is 13.1. The van der Waals surface area contributed by atoms with Gasteiger partial charge in [0.1, 0.15) is 0 Å². The Morgan fingerprint density at radius 2 is 1.58 bits per heavy atom. The molecule has 1 amide bonds. The monoisotopic (exact) mass is 448 g/mol. The van der Waals surface area contributed by atoms with Gasteiger partial charge in [-0.1, -0.05) is 48.2 Å². The summed E-state index contributed by atoms with van der Waals surface area (Å²) in [5.74, 6) is 1.10. The van der Waals surface area contributed by atoms with Gasteiger partial charge in [-0.15, -0.1) is 0 Å². The summed E-state index contributed by atoms with van der Waals surface area (Å²) in [7, 11) is 3.17. The molecular formula is C24H20N2O3S2. The van der Waals surface area contributed by atoms with Crippen molar-refractivity contribution >= 4 is 57.3 Å². The molecule has 1 saturated heterocycles. The SMILES string of the molecule is COc1ccc(/C=C2\SC(=S)N(c3ccc(Nc4ccccc4)cc3)C2=O)cc1OC. The van der Waals surface area contributed by atoms with Gasteiger partial charge in [-0.3, -0.25) is 9.69 Å². The maximum Gasteiger partial charge on any atom is 0.270 e. The third kappa shape index (κ3) is 4.57. The third-order valence-electron chi connectivity index (χ3n) is 4.69. The quantitative estimate of drug-likeness (QED) is 0.377. The molecule has 0 atom stereocenters. The fourth-order valence-electron chi connectivity index (χ4n) is 3.17. The number of nitrogens with one attached hydrogen (secondary N) is 1. The van der Waals surface area contributed by atoms with E-state index < -0.39 is 0 Å². The molecule has 0 bridgehead atoms. The molecule has 7 heteroatoms. The average Bonchev–Trinajstić information content (AvgIpc) is 3.07. The Morgan fingerprint density at radius 1 is 0.903 bits per heavy atom. The second-order valence-corrected chi connectivity index (χ2v) is 8.35. The number of carbonyl (C=O) groups excluding carboxylic acids is 1. The van der Waals surface area contributed by atoms with Crippen LogP contribution < -0.4 is 19.7 Å². The molecule has 31 heavy (non-hydrogen) atoms. The van der Waals surface area contributed by atoms with E-state index in [1.807, 2.05) is 78.9 Å². The van der Waals surface area contributed by atoms with E-state index >= 15 is 0 Å². The second-order valence-electron chi connectivity index (χ2n) is 6.67. The van der Waals surface area contributed by atoms with Gasteiger partial charge in [-0.2, -0.15) is 0 Å². The first kappa shape index (κ1) is 21.0. The van der Waals surface area contributed by atoms with Crippen molar-refractivity contribution in [3.63, 3.8) is 0 Å². The van der Waals surface area contributed by atoms with Crippen molar-refractivity contribution in [3.8, 4) is 11.5 Å². The van der Waals surface area contributed by atoms with Gasteiger partial charge >= 0.3 is 0 Å². The summed E-state index contributed by atoms with van der Waals surface area (Å²) in [5, 5.41) is 3.33. The zero-order valence-electron chi connectivity index (χ0n) is 17.0. The Labute approximate surface area is 190 Å². The van der Waals surface area contributed by atoms with Crippen LogP contribution in [0.1, 0.15) is 5.56 Å². The number of rotatable bonds is 6. The van der Waals surface area contributed by atoms with E-state index in [9.17, 15) is 4.79 Å². The second kappa shape index (κ2) is 9.24. The molecule has 1 fully saturated rings. The molecule has 0 unspecified atom stereocenters. The number of hydrogen-bond acceptors (Lipinski definition) is 6. The van der Waals surface area contributed by atoms with Gasteiger partial charge in [-0.25, -0.2) is 0 Å². The third-order valence-corrected chi connectivity index (χ3v) is 5.99. The molecule has 1 aliphatic heterocycles. The van der Waals surface area contributed by atoms with E-state index in [1.165, 1.54) is 11.8 Å². The number of ether oxygens (including phenoxy) is 2. The molecule has 4 rings (SSSR count). The standard InChI is InChI=1S/C24H20N2O3S2/c1-28-20-13-8-16(14-21(20)29-2)15-22-23(27)26(24(30)31-22)19-11-9-18(10-12-19)25-17-6-4-3-5-7-17/h3-15,25H,1-2H3/b22-15-. The number of amides is 1. The Morgan fingerprint density at radius 3 is 2.26 bits per heavy atom. The highest BCUT2D eigenvalue weighted by atomic mass is 32.2. The Balaban J connectivity index is 1.54. The van der Waals surface area contributed by atoms with Crippen LogP contribution in [0.3, 0.4) is 0 Å². The molecule has 1 aliphatic rings. The summed E-state index contributed by atoms with van der Waals surface area (Å²) in [6.07, 6.45) is 1.81. The molecule has 3 aromatic carbocycles. The van der Waals surface area contributed by atoms with Gasteiger partial charge in [-0.05, 0) is 60.2 Å². The van der Waals surface area contributed by atoms with Crippen LogP contribution in [-0.2, 0) is 4.79 Å². The van der Waals surface area contributed by atoms with Crippen molar-refractivity contribution in [2.24, 2.45) is 0 Å². The van der Waals surface area contributed by atoms with E-state index in [0.717, 1.165) is 22.6 Å². The molecule has 0 radical (unpaired) electrons. The number of nitrogens with zero attached hydrogens (tertiary/aromatic N) is 1. The van der Waals surface area contributed by atoms with Crippen LogP contribution in [0.4, 0.5) is 17.1 Å². The first-order valence-corrected chi connectivity index (χ1v) is 10.7. The van der Waals surface area contributed by atoms with Crippen molar-refractivity contribution in [2.45, 2.75) is 0 Å². The molecular weight excluding hydrogens is 428 g/mol. The van der Waals surface area contributed by atoms with E-state index in [-0.39, 0.29) is 5.91 Å². The van der Waals surface area contributed by atoms with Crippen LogP contribution in [0, 0.1) is 0 Å². The lowest BCUT2D eigenvalue weighted by atomic mass is 10.2. The van der Waals surface area contributed by atoms with Crippen LogP contribution in [0.5, 0.6) is 11.5 Å². The number of thiocarbonyl (C=S) groups is 1. The lowest BCUT2D eigenvalue weighted by Crippen LogP contribution is -2.27. The van der Waals surface area contributed by atoms with Gasteiger partial charge in [0.25, 0.3) is 5.91 Å². The minimum absolute atomic E-state index is 0.145. The van der Waals surface area contributed by atoms with E-state index in [1.54, 1.807) is 19.1 Å². The molecule has 0 spiro atoms. The Hall–Kier alpha value is -3.29. The minimum atomic E-state index is -0.145. The number of hydrogen-bond donors (Lipinski definition) is 1. The molecule has 156 valence electrons. The zero-order chi connectivity index (χ0) is 21.8. The average molecular weight is 449 g/mol. The number of anilines is 3. The molecule has 0 aliphatic carbocycles. The lowest BCUT2D eigenvalue weighted by Gasteiger charge is -2.15. The molecule has 1 N–H and O–H groups in total. The van der Waals surface area contributed by atoms with Gasteiger partial charge < -0.3 is 14.8 Å². The number of carbonyl (C=O) groups is 1. The Bertz CT molecular complexity index is 1150. The first-order chi connectivity index (χ1) is 15.1. The minimum Gasteiger partial charge on any atom is -0.493 e. The van der Waals surface area contributed by atoms with Crippen LogP contribution in [0.25, 0.3) is 6.08 Å². The highest BCUT2D eigenvalue weighted by molar-refractivity contribution is 8.27. The first-order valence-electron chi connectivity index (χ1n) is 9.51. The molecule has 0 saturated carbocycles. The molecule has 3 aromatic rings. The lowest BCUT2D eigenvalue weighted by molar-refractivity contribution is -0.113. The summed E-state index contributed by atoms with van der Waals surface area (Å²) < 4.78 is 11.1. The summed E-state index contributed by atoms with van der Waals surface area (Å²) in [4.78, 5) is 15.2. The summed E-state index contributed by atoms with van der Waals surface area (Å²) >= 11 is 6.77. The number of para-hydroxylation sites is 1. The fourth-order valence-corrected chi connectivity index (χ4v) is 4.47. The van der Waals surface area contributed by atoms with Gasteiger partial charge in [0, 0.05) is 11.4 Å². The van der Waals surface area contributed by atoms with Crippen molar-refractivity contribution in [1.29, 1.82) is 0 Å². The normalized spacial score (nSPS) is 14.8. The summed E-state index contributed by atoms with van der Waals surface area (Å²) in [5.41, 5.74) is 3.50. The summed E-state index contributed by atoms with van der Waals surface area (Å²) in [6, 6.07) is 23.0. The van der Waals surface area contributed by atoms with Crippen LogP contribution >= 0.6 is 24.0 Å². The maximum absolute atomic E-state index is 13.1. The molecule has 5 nitrogen and oxygen atoms in total. The van der Waals surface area contributed by atoms with Crippen molar-refractivity contribution < 1.29 is 14.3 Å².